The molecule has 0 spiro atoms. The number of aryl methyl sites for hydroxylation is 1. The van der Waals surface area contributed by atoms with Gasteiger partial charge in [-0.3, -0.25) is 9.69 Å². The summed E-state index contributed by atoms with van der Waals surface area (Å²) in [6.07, 6.45) is 2.74. The van der Waals surface area contributed by atoms with Gasteiger partial charge in [0, 0.05) is 19.6 Å². The third kappa shape index (κ3) is 4.90. The van der Waals surface area contributed by atoms with Crippen LogP contribution in [0.4, 0.5) is 0 Å². The van der Waals surface area contributed by atoms with Crippen LogP contribution in [0.25, 0.3) is 11.0 Å². The maximum absolute atomic E-state index is 12.0. The van der Waals surface area contributed by atoms with Gasteiger partial charge in [-0.1, -0.05) is 42.5 Å². The lowest BCUT2D eigenvalue weighted by molar-refractivity contribution is -0.122. The number of likely N-dealkylation sites (N-methyl/N-ethyl adjacent to an activating group) is 1. The van der Waals surface area contributed by atoms with Crippen LogP contribution in [-0.4, -0.2) is 40.5 Å². The SMILES string of the molecule is CN(CC(=O)NCCCn1cnc2ccccc21)Cc1ccccc1. The first-order chi connectivity index (χ1) is 12.2. The number of hydrogen-bond acceptors (Lipinski definition) is 3. The van der Waals surface area contributed by atoms with E-state index in [9.17, 15) is 4.79 Å². The molecule has 130 valence electrons. The minimum absolute atomic E-state index is 0.0638. The van der Waals surface area contributed by atoms with E-state index < -0.39 is 0 Å². The van der Waals surface area contributed by atoms with E-state index in [0.29, 0.717) is 13.1 Å². The van der Waals surface area contributed by atoms with Gasteiger partial charge in [0.2, 0.25) is 5.91 Å². The third-order valence-corrected chi connectivity index (χ3v) is 4.13. The minimum Gasteiger partial charge on any atom is -0.355 e. The fraction of sp³-hybridized carbons (Fsp3) is 0.300. The molecule has 0 bridgehead atoms. The first-order valence-electron chi connectivity index (χ1n) is 8.61. The molecule has 0 aliphatic rings. The Balaban J connectivity index is 1.38. The van der Waals surface area contributed by atoms with Crippen LogP contribution in [0.1, 0.15) is 12.0 Å². The topological polar surface area (TPSA) is 50.2 Å². The summed E-state index contributed by atoms with van der Waals surface area (Å²) in [4.78, 5) is 18.4. The summed E-state index contributed by atoms with van der Waals surface area (Å²) >= 11 is 0. The number of nitrogens with one attached hydrogen (secondary N) is 1. The van der Waals surface area contributed by atoms with Gasteiger partial charge in [-0.05, 0) is 31.2 Å². The molecule has 3 rings (SSSR count). The molecule has 0 atom stereocenters. The predicted molar refractivity (Wildman–Crippen MR) is 100 cm³/mol. The molecule has 2 aromatic carbocycles. The van der Waals surface area contributed by atoms with E-state index in [4.69, 9.17) is 0 Å². The number of rotatable bonds is 8. The predicted octanol–water partition coefficient (Wildman–Crippen LogP) is 2.67. The number of imidazole rings is 1. The summed E-state index contributed by atoms with van der Waals surface area (Å²) in [5.74, 6) is 0.0638. The molecule has 0 aliphatic heterocycles. The lowest BCUT2D eigenvalue weighted by Crippen LogP contribution is -2.35. The van der Waals surface area contributed by atoms with E-state index in [2.05, 4.69) is 33.1 Å². The number of carbonyl (C=O) groups is 1. The number of hydrogen-bond donors (Lipinski definition) is 1. The number of fused-ring (bicyclic) bond motifs is 1. The van der Waals surface area contributed by atoms with E-state index in [1.165, 1.54) is 5.56 Å². The third-order valence-electron chi connectivity index (χ3n) is 4.13. The number of aromatic nitrogens is 2. The van der Waals surface area contributed by atoms with Crippen LogP contribution in [0.5, 0.6) is 0 Å². The van der Waals surface area contributed by atoms with Crippen LogP contribution in [0.2, 0.25) is 0 Å². The number of para-hydroxylation sites is 2. The van der Waals surface area contributed by atoms with E-state index >= 15 is 0 Å². The average molecular weight is 336 g/mol. The molecule has 1 aromatic heterocycles. The monoisotopic (exact) mass is 336 g/mol. The van der Waals surface area contributed by atoms with Crippen LogP contribution in [0.3, 0.4) is 0 Å². The molecule has 0 aliphatic carbocycles. The number of carbonyl (C=O) groups excluding carboxylic acids is 1. The van der Waals surface area contributed by atoms with Crippen LogP contribution in [0.15, 0.2) is 60.9 Å². The maximum atomic E-state index is 12.0. The molecular formula is C20H24N4O. The Labute approximate surface area is 148 Å². The summed E-state index contributed by atoms with van der Waals surface area (Å²) < 4.78 is 2.13. The van der Waals surface area contributed by atoms with E-state index in [1.54, 1.807) is 0 Å². The molecule has 0 fully saturated rings. The standard InChI is InChI=1S/C20H24N4O/c1-23(14-17-8-3-2-4-9-17)15-20(25)21-12-7-13-24-16-22-18-10-5-6-11-19(18)24/h2-6,8-11,16H,7,12-15H2,1H3,(H,21,25). The molecule has 0 saturated carbocycles. The highest BCUT2D eigenvalue weighted by atomic mass is 16.2. The van der Waals surface area contributed by atoms with Gasteiger partial charge in [0.05, 0.1) is 23.9 Å². The first kappa shape index (κ1) is 17.2. The molecule has 1 heterocycles. The first-order valence-corrected chi connectivity index (χ1v) is 8.61. The highest BCUT2D eigenvalue weighted by Gasteiger charge is 2.07. The normalized spacial score (nSPS) is 11.1. The van der Waals surface area contributed by atoms with E-state index in [-0.39, 0.29) is 5.91 Å². The summed E-state index contributed by atoms with van der Waals surface area (Å²) in [5.41, 5.74) is 3.36. The van der Waals surface area contributed by atoms with Crippen molar-refractivity contribution in [3.05, 3.63) is 66.5 Å². The van der Waals surface area contributed by atoms with Crippen LogP contribution in [-0.2, 0) is 17.9 Å². The average Bonchev–Trinajstić information content (AvgIpc) is 3.03. The van der Waals surface area contributed by atoms with Gasteiger partial charge in [0.1, 0.15) is 0 Å². The lowest BCUT2D eigenvalue weighted by atomic mass is 10.2. The van der Waals surface area contributed by atoms with Crippen LogP contribution >= 0.6 is 0 Å². The van der Waals surface area contributed by atoms with Gasteiger partial charge in [-0.2, -0.15) is 0 Å². The number of benzene rings is 2. The largest absolute Gasteiger partial charge is 0.355 e. The fourth-order valence-electron chi connectivity index (χ4n) is 2.92. The van der Waals surface area contributed by atoms with E-state index in [0.717, 1.165) is 30.5 Å². The molecule has 0 radical (unpaired) electrons. The fourth-order valence-corrected chi connectivity index (χ4v) is 2.92. The van der Waals surface area contributed by atoms with Crippen molar-refractivity contribution in [2.45, 2.75) is 19.5 Å². The van der Waals surface area contributed by atoms with Crippen molar-refractivity contribution in [3.8, 4) is 0 Å². The molecule has 0 unspecified atom stereocenters. The molecule has 25 heavy (non-hydrogen) atoms. The summed E-state index contributed by atoms with van der Waals surface area (Å²) in [6.45, 7) is 2.70. The highest BCUT2D eigenvalue weighted by molar-refractivity contribution is 5.78. The Morgan fingerprint density at radius 3 is 2.72 bits per heavy atom. The highest BCUT2D eigenvalue weighted by Crippen LogP contribution is 2.11. The molecular weight excluding hydrogens is 312 g/mol. The quantitative estimate of drug-likeness (QED) is 0.644. The Morgan fingerprint density at radius 2 is 1.88 bits per heavy atom. The Hall–Kier alpha value is -2.66. The summed E-state index contributed by atoms with van der Waals surface area (Å²) in [5, 5.41) is 3.00. The Bertz CT molecular complexity index is 813. The lowest BCUT2D eigenvalue weighted by Gasteiger charge is -2.16. The second-order valence-electron chi connectivity index (χ2n) is 6.29. The van der Waals surface area contributed by atoms with E-state index in [1.807, 2.05) is 54.7 Å². The molecule has 0 saturated heterocycles. The van der Waals surface area contributed by atoms with Crippen molar-refractivity contribution < 1.29 is 4.79 Å². The molecule has 3 aromatic rings. The van der Waals surface area contributed by atoms with Gasteiger partial charge in [-0.25, -0.2) is 4.98 Å². The second kappa shape index (κ2) is 8.44. The van der Waals surface area contributed by atoms with Crippen molar-refractivity contribution in [3.63, 3.8) is 0 Å². The number of amides is 1. The molecule has 5 nitrogen and oxygen atoms in total. The zero-order valence-corrected chi connectivity index (χ0v) is 14.6. The summed E-state index contributed by atoms with van der Waals surface area (Å²) in [7, 11) is 1.96. The minimum atomic E-state index is 0.0638. The van der Waals surface area contributed by atoms with Gasteiger partial charge in [0.15, 0.2) is 0 Å². The van der Waals surface area contributed by atoms with Crippen molar-refractivity contribution in [2.24, 2.45) is 0 Å². The smallest absolute Gasteiger partial charge is 0.234 e. The molecule has 1 amide bonds. The summed E-state index contributed by atoms with van der Waals surface area (Å²) in [6, 6.07) is 18.3. The van der Waals surface area contributed by atoms with Crippen LogP contribution in [0, 0.1) is 0 Å². The zero-order valence-electron chi connectivity index (χ0n) is 14.6. The Morgan fingerprint density at radius 1 is 1.12 bits per heavy atom. The van der Waals surface area contributed by atoms with Crippen molar-refractivity contribution in [1.82, 2.24) is 19.8 Å². The van der Waals surface area contributed by atoms with Crippen molar-refractivity contribution in [2.75, 3.05) is 20.1 Å². The van der Waals surface area contributed by atoms with Gasteiger partial charge in [-0.15, -0.1) is 0 Å². The van der Waals surface area contributed by atoms with Crippen molar-refractivity contribution in [1.29, 1.82) is 0 Å². The zero-order chi connectivity index (χ0) is 17.5. The van der Waals surface area contributed by atoms with Gasteiger partial charge in [0.25, 0.3) is 0 Å². The molecule has 1 N–H and O–H groups in total. The number of nitrogens with zero attached hydrogens (tertiary/aromatic N) is 3. The second-order valence-corrected chi connectivity index (χ2v) is 6.29. The van der Waals surface area contributed by atoms with Crippen molar-refractivity contribution >= 4 is 16.9 Å². The molecule has 5 heteroatoms. The Kier molecular flexibility index (Phi) is 5.80. The van der Waals surface area contributed by atoms with Gasteiger partial charge >= 0.3 is 0 Å². The van der Waals surface area contributed by atoms with Gasteiger partial charge < -0.3 is 9.88 Å². The maximum Gasteiger partial charge on any atom is 0.234 e. The van der Waals surface area contributed by atoms with Crippen LogP contribution < -0.4 is 5.32 Å².